The van der Waals surface area contributed by atoms with Crippen LogP contribution in [0.3, 0.4) is 0 Å². The largest absolute Gasteiger partial charge is 0.238 e. The number of benzene rings is 1. The maximum absolute atomic E-state index is 11.2. The minimum atomic E-state index is -3.57. The average Bonchev–Trinajstić information content (AvgIpc) is 2.47. The molecular weight excluding hydrogens is 218 g/mol. The molecular formula is C9H11NO2S2. The van der Waals surface area contributed by atoms with Crippen LogP contribution < -0.4 is 5.14 Å². The zero-order valence-electron chi connectivity index (χ0n) is 7.78. The predicted molar refractivity (Wildman–Crippen MR) is 57.0 cm³/mol. The van der Waals surface area contributed by atoms with Crippen molar-refractivity contribution >= 4 is 21.8 Å². The van der Waals surface area contributed by atoms with Crippen LogP contribution in [0.5, 0.6) is 0 Å². The Bertz CT molecular complexity index is 480. The molecule has 0 fully saturated rings. The lowest BCUT2D eigenvalue weighted by atomic mass is 10.1. The van der Waals surface area contributed by atoms with Crippen LogP contribution in [0.1, 0.15) is 11.1 Å². The molecule has 0 aliphatic carbocycles. The molecule has 76 valence electrons. The fraction of sp³-hybridized carbons (Fsp3) is 0.333. The fourth-order valence-corrected chi connectivity index (χ4v) is 3.59. The maximum atomic E-state index is 11.2. The number of primary sulfonamides is 1. The van der Waals surface area contributed by atoms with E-state index in [0.717, 1.165) is 22.6 Å². The molecule has 1 aliphatic heterocycles. The van der Waals surface area contributed by atoms with Gasteiger partial charge in [-0.1, -0.05) is 6.07 Å². The van der Waals surface area contributed by atoms with Crippen LogP contribution in [0, 0.1) is 6.92 Å². The second-order valence-electron chi connectivity index (χ2n) is 3.37. The van der Waals surface area contributed by atoms with Crippen molar-refractivity contribution in [3.05, 3.63) is 23.3 Å². The first-order valence-corrected chi connectivity index (χ1v) is 6.81. The lowest BCUT2D eigenvalue weighted by Gasteiger charge is -2.06. The van der Waals surface area contributed by atoms with E-state index in [4.69, 9.17) is 5.14 Å². The monoisotopic (exact) mass is 229 g/mol. The molecule has 0 amide bonds. The second-order valence-corrected chi connectivity index (χ2v) is 6.04. The predicted octanol–water partition coefficient (Wildman–Crippen LogP) is 1.29. The number of sulfonamides is 1. The molecule has 0 saturated carbocycles. The summed E-state index contributed by atoms with van der Waals surface area (Å²) in [6.07, 6.45) is 1.02. The highest BCUT2D eigenvalue weighted by molar-refractivity contribution is 7.99. The minimum absolute atomic E-state index is 0.255. The normalized spacial score (nSPS) is 15.6. The quantitative estimate of drug-likeness (QED) is 0.789. The van der Waals surface area contributed by atoms with Gasteiger partial charge in [0.15, 0.2) is 0 Å². The van der Waals surface area contributed by atoms with Gasteiger partial charge < -0.3 is 0 Å². The Morgan fingerprint density at radius 2 is 2.14 bits per heavy atom. The van der Waals surface area contributed by atoms with Gasteiger partial charge in [-0.05, 0) is 30.5 Å². The molecule has 1 aliphatic rings. The number of nitrogens with two attached hydrogens (primary N) is 1. The highest BCUT2D eigenvalue weighted by Crippen LogP contribution is 2.34. The summed E-state index contributed by atoms with van der Waals surface area (Å²) in [4.78, 5) is 1.31. The van der Waals surface area contributed by atoms with E-state index in [1.54, 1.807) is 24.8 Å². The van der Waals surface area contributed by atoms with Gasteiger partial charge in [0.25, 0.3) is 0 Å². The number of rotatable bonds is 1. The van der Waals surface area contributed by atoms with E-state index in [2.05, 4.69) is 0 Å². The number of fused-ring (bicyclic) bond motifs is 1. The van der Waals surface area contributed by atoms with E-state index >= 15 is 0 Å². The van der Waals surface area contributed by atoms with Gasteiger partial charge in [0.05, 0.1) is 4.90 Å². The molecule has 1 heterocycles. The highest BCUT2D eigenvalue weighted by Gasteiger charge is 2.18. The Labute approximate surface area is 87.7 Å². The van der Waals surface area contributed by atoms with Gasteiger partial charge in [-0.3, -0.25) is 0 Å². The number of aryl methyl sites for hydroxylation is 2. The van der Waals surface area contributed by atoms with Gasteiger partial charge in [-0.15, -0.1) is 11.8 Å². The first kappa shape index (κ1) is 10.0. The zero-order valence-corrected chi connectivity index (χ0v) is 9.41. The molecule has 0 spiro atoms. The molecule has 2 rings (SSSR count). The molecule has 0 saturated heterocycles. The van der Waals surface area contributed by atoms with Gasteiger partial charge in [0.1, 0.15) is 0 Å². The van der Waals surface area contributed by atoms with Gasteiger partial charge in [-0.25, -0.2) is 13.6 Å². The van der Waals surface area contributed by atoms with Crippen molar-refractivity contribution in [1.29, 1.82) is 0 Å². The Morgan fingerprint density at radius 3 is 2.79 bits per heavy atom. The van der Waals surface area contributed by atoms with E-state index in [9.17, 15) is 8.42 Å². The summed E-state index contributed by atoms with van der Waals surface area (Å²) in [5, 5.41) is 5.11. The van der Waals surface area contributed by atoms with Crippen LogP contribution in [-0.4, -0.2) is 14.2 Å². The Kier molecular flexibility index (Phi) is 2.33. The van der Waals surface area contributed by atoms with Gasteiger partial charge in [-0.2, -0.15) is 0 Å². The standard InChI is InChI=1S/C9H11NO2S2/c1-6-4-7-2-3-13-8(7)5-9(6)14(10,11)12/h4-5H,2-3H2,1H3,(H2,10,11,12). The van der Waals surface area contributed by atoms with Crippen molar-refractivity contribution in [1.82, 2.24) is 0 Å². The first-order valence-electron chi connectivity index (χ1n) is 4.27. The average molecular weight is 229 g/mol. The summed E-state index contributed by atoms with van der Waals surface area (Å²) >= 11 is 1.69. The van der Waals surface area contributed by atoms with Crippen molar-refractivity contribution in [2.75, 3.05) is 5.75 Å². The van der Waals surface area contributed by atoms with E-state index < -0.39 is 10.0 Å². The molecule has 3 nitrogen and oxygen atoms in total. The Hall–Kier alpha value is -0.520. The summed E-state index contributed by atoms with van der Waals surface area (Å²) in [5.41, 5.74) is 1.98. The van der Waals surface area contributed by atoms with E-state index in [1.807, 2.05) is 6.07 Å². The maximum Gasteiger partial charge on any atom is 0.238 e. The molecule has 0 radical (unpaired) electrons. The molecule has 0 unspecified atom stereocenters. The summed E-state index contributed by atoms with van der Waals surface area (Å²) in [5.74, 6) is 1.03. The third-order valence-corrected chi connectivity index (χ3v) is 4.45. The van der Waals surface area contributed by atoms with Crippen LogP contribution in [0.25, 0.3) is 0 Å². The van der Waals surface area contributed by atoms with Crippen molar-refractivity contribution < 1.29 is 8.42 Å². The van der Waals surface area contributed by atoms with Gasteiger partial charge in [0, 0.05) is 10.6 Å². The molecule has 1 aromatic carbocycles. The molecule has 0 bridgehead atoms. The third-order valence-electron chi connectivity index (χ3n) is 2.29. The van der Waals surface area contributed by atoms with E-state index in [0.29, 0.717) is 0 Å². The molecule has 2 N–H and O–H groups in total. The SMILES string of the molecule is Cc1cc2c(cc1S(N)(=O)=O)SCC2. The summed E-state index contributed by atoms with van der Waals surface area (Å²) in [6.45, 7) is 1.78. The summed E-state index contributed by atoms with van der Waals surface area (Å²) < 4.78 is 22.4. The van der Waals surface area contributed by atoms with E-state index in [-0.39, 0.29) is 4.90 Å². The molecule has 1 aromatic rings. The van der Waals surface area contributed by atoms with Crippen molar-refractivity contribution in [2.24, 2.45) is 5.14 Å². The Balaban J connectivity index is 2.65. The highest BCUT2D eigenvalue weighted by atomic mass is 32.2. The number of thioether (sulfide) groups is 1. The molecule has 5 heteroatoms. The number of hydrogen-bond donors (Lipinski definition) is 1. The van der Waals surface area contributed by atoms with Crippen LogP contribution >= 0.6 is 11.8 Å². The second kappa shape index (κ2) is 3.25. The van der Waals surface area contributed by atoms with Crippen LogP contribution in [0.2, 0.25) is 0 Å². The molecule has 0 atom stereocenters. The first-order chi connectivity index (χ1) is 6.48. The van der Waals surface area contributed by atoms with Crippen LogP contribution in [-0.2, 0) is 16.4 Å². The van der Waals surface area contributed by atoms with Crippen molar-refractivity contribution in [2.45, 2.75) is 23.1 Å². The number of hydrogen-bond acceptors (Lipinski definition) is 3. The molecule has 14 heavy (non-hydrogen) atoms. The minimum Gasteiger partial charge on any atom is -0.225 e. The smallest absolute Gasteiger partial charge is 0.225 e. The lowest BCUT2D eigenvalue weighted by molar-refractivity contribution is 0.597. The lowest BCUT2D eigenvalue weighted by Crippen LogP contribution is -2.13. The van der Waals surface area contributed by atoms with Crippen LogP contribution in [0.4, 0.5) is 0 Å². The molecule has 0 aromatic heterocycles. The summed E-state index contributed by atoms with van der Waals surface area (Å²) in [7, 11) is -3.57. The third kappa shape index (κ3) is 1.67. The fourth-order valence-electron chi connectivity index (χ4n) is 1.64. The van der Waals surface area contributed by atoms with Crippen molar-refractivity contribution in [3.63, 3.8) is 0 Å². The van der Waals surface area contributed by atoms with Gasteiger partial charge >= 0.3 is 0 Å². The van der Waals surface area contributed by atoms with Crippen LogP contribution in [0.15, 0.2) is 21.9 Å². The van der Waals surface area contributed by atoms with Gasteiger partial charge in [0.2, 0.25) is 10.0 Å². The van der Waals surface area contributed by atoms with E-state index in [1.165, 1.54) is 5.56 Å². The topological polar surface area (TPSA) is 60.2 Å². The summed E-state index contributed by atoms with van der Waals surface area (Å²) in [6, 6.07) is 3.62. The van der Waals surface area contributed by atoms with Crippen molar-refractivity contribution in [3.8, 4) is 0 Å². The zero-order chi connectivity index (χ0) is 10.3. The Morgan fingerprint density at radius 1 is 1.43 bits per heavy atom.